The molecular weight excluding hydrogens is 528 g/mol. The van der Waals surface area contributed by atoms with Crippen molar-refractivity contribution in [2.75, 3.05) is 43.0 Å². The van der Waals surface area contributed by atoms with Gasteiger partial charge in [0.05, 0.1) is 28.9 Å². The number of halogens is 6. The largest absolute Gasteiger partial charge is 0.417 e. The fourth-order valence-corrected chi connectivity index (χ4v) is 4.78. The second-order valence-corrected chi connectivity index (χ2v) is 9.57. The van der Waals surface area contributed by atoms with Gasteiger partial charge in [-0.15, -0.1) is 0 Å². The van der Waals surface area contributed by atoms with E-state index in [1.165, 1.54) is 12.1 Å². The van der Waals surface area contributed by atoms with E-state index in [0.29, 0.717) is 63.4 Å². The van der Waals surface area contributed by atoms with Crippen LogP contribution >= 0.6 is 0 Å². The minimum atomic E-state index is -4.62. The van der Waals surface area contributed by atoms with Gasteiger partial charge in [-0.25, -0.2) is 4.98 Å². The molecule has 1 amide bonds. The Morgan fingerprint density at radius 1 is 1.00 bits per heavy atom. The highest BCUT2D eigenvalue weighted by Gasteiger charge is 2.34. The number of anilines is 2. The number of amides is 1. The smallest absolute Gasteiger partial charge is 0.382 e. The van der Waals surface area contributed by atoms with Gasteiger partial charge < -0.3 is 19.9 Å². The first-order valence-electron chi connectivity index (χ1n) is 12.5. The van der Waals surface area contributed by atoms with E-state index in [1.807, 2.05) is 4.90 Å². The van der Waals surface area contributed by atoms with E-state index < -0.39 is 29.0 Å². The lowest BCUT2D eigenvalue weighted by Gasteiger charge is -2.36. The van der Waals surface area contributed by atoms with Gasteiger partial charge in [0.15, 0.2) is 0 Å². The number of pyridine rings is 1. The van der Waals surface area contributed by atoms with E-state index in [2.05, 4.69) is 10.3 Å². The predicted octanol–water partition coefficient (Wildman–Crippen LogP) is 5.08. The maximum atomic E-state index is 13.2. The number of piperazine rings is 1. The van der Waals surface area contributed by atoms with Crippen LogP contribution in [0.5, 0.6) is 0 Å². The van der Waals surface area contributed by atoms with Crippen LogP contribution in [-0.4, -0.2) is 60.7 Å². The molecule has 0 spiro atoms. The Morgan fingerprint density at radius 3 is 2.26 bits per heavy atom. The lowest BCUT2D eigenvalue weighted by molar-refractivity contribution is -0.139. The summed E-state index contributed by atoms with van der Waals surface area (Å²) in [5, 5.41) is 12.0. The van der Waals surface area contributed by atoms with Gasteiger partial charge in [-0.2, -0.15) is 31.6 Å². The van der Waals surface area contributed by atoms with Crippen molar-refractivity contribution in [2.45, 2.75) is 50.2 Å². The Morgan fingerprint density at radius 2 is 1.69 bits per heavy atom. The third-order valence-corrected chi connectivity index (χ3v) is 6.96. The van der Waals surface area contributed by atoms with Crippen LogP contribution in [0.3, 0.4) is 0 Å². The molecule has 2 aliphatic rings. The molecule has 1 N–H and O–H groups in total. The molecule has 0 radical (unpaired) electrons. The normalized spacial score (nSPS) is 20.4. The summed E-state index contributed by atoms with van der Waals surface area (Å²) in [6.45, 7) is 1.57. The fourth-order valence-electron chi connectivity index (χ4n) is 4.78. The molecule has 4 rings (SSSR count). The number of nitrogens with one attached hydrogen (secondary N) is 1. The third-order valence-electron chi connectivity index (χ3n) is 6.96. The van der Waals surface area contributed by atoms with Crippen LogP contribution in [0.1, 0.15) is 42.4 Å². The van der Waals surface area contributed by atoms with Gasteiger partial charge in [-0.05, 0) is 56.0 Å². The zero-order valence-electron chi connectivity index (χ0n) is 20.9. The highest BCUT2D eigenvalue weighted by Crippen LogP contribution is 2.34. The lowest BCUT2D eigenvalue weighted by atomic mass is 9.92. The van der Waals surface area contributed by atoms with Crippen molar-refractivity contribution in [3.63, 3.8) is 0 Å². The molecule has 1 saturated carbocycles. The molecule has 1 aromatic heterocycles. The first kappa shape index (κ1) is 28.5. The number of hydrogen-bond acceptors (Lipinski definition) is 6. The van der Waals surface area contributed by atoms with E-state index >= 15 is 0 Å². The van der Waals surface area contributed by atoms with Crippen LogP contribution in [0.2, 0.25) is 0 Å². The minimum absolute atomic E-state index is 0.0542. The molecule has 1 saturated heterocycles. The number of hydrogen-bond donors (Lipinski definition) is 1. The Kier molecular flexibility index (Phi) is 8.54. The summed E-state index contributed by atoms with van der Waals surface area (Å²) >= 11 is 0. The zero-order valence-corrected chi connectivity index (χ0v) is 20.9. The number of carbonyl (C=O) groups excluding carboxylic acids is 1. The van der Waals surface area contributed by atoms with Crippen molar-refractivity contribution in [2.24, 2.45) is 0 Å². The van der Waals surface area contributed by atoms with Crippen molar-refractivity contribution in [3.8, 4) is 6.07 Å². The van der Waals surface area contributed by atoms with E-state index in [-0.39, 0.29) is 24.7 Å². The third kappa shape index (κ3) is 7.32. The van der Waals surface area contributed by atoms with E-state index in [0.717, 1.165) is 24.4 Å². The highest BCUT2D eigenvalue weighted by molar-refractivity contribution is 5.77. The summed E-state index contributed by atoms with van der Waals surface area (Å²) in [6, 6.07) is 7.40. The average Bonchev–Trinajstić information content (AvgIpc) is 2.91. The summed E-state index contributed by atoms with van der Waals surface area (Å²) < 4.78 is 83.6. The first-order valence-corrected chi connectivity index (χ1v) is 12.5. The second kappa shape index (κ2) is 11.7. The van der Waals surface area contributed by atoms with Crippen LogP contribution in [0, 0.1) is 11.3 Å². The molecule has 39 heavy (non-hydrogen) atoms. The number of ether oxygens (including phenoxy) is 1. The van der Waals surface area contributed by atoms with Gasteiger partial charge in [-0.1, -0.05) is 0 Å². The molecule has 0 atom stereocenters. The maximum absolute atomic E-state index is 13.2. The minimum Gasteiger partial charge on any atom is -0.382 e. The second-order valence-electron chi connectivity index (χ2n) is 9.57. The Hall–Kier alpha value is -3.53. The molecule has 13 heteroatoms. The van der Waals surface area contributed by atoms with Crippen LogP contribution in [0.25, 0.3) is 0 Å². The van der Waals surface area contributed by atoms with Crippen molar-refractivity contribution in [1.29, 1.82) is 5.26 Å². The summed E-state index contributed by atoms with van der Waals surface area (Å²) in [5.74, 6) is 0.250. The standard InChI is InChI=1S/C26H27F6N5O2/c27-25(28,29)18-2-8-23(34-15-18)36-9-11-37(12-10-36)24(38)16-39-21-6-4-19(5-7-21)35-20-3-1-17(14-33)22(13-20)26(30,31)32/h1-3,8,13,15,19,21,35H,4-7,9-12,16H2. The number of nitriles is 1. The van der Waals surface area contributed by atoms with Crippen molar-refractivity contribution >= 4 is 17.4 Å². The zero-order chi connectivity index (χ0) is 28.2. The molecule has 1 aliphatic heterocycles. The van der Waals surface area contributed by atoms with Crippen LogP contribution in [0.15, 0.2) is 36.5 Å². The van der Waals surface area contributed by atoms with Gasteiger partial charge >= 0.3 is 12.4 Å². The fraction of sp³-hybridized carbons (Fsp3) is 0.500. The molecular formula is C26H27F6N5O2. The molecule has 1 aromatic carbocycles. The first-order chi connectivity index (χ1) is 18.4. The summed E-state index contributed by atoms with van der Waals surface area (Å²) in [6.07, 6.45) is -5.82. The summed E-state index contributed by atoms with van der Waals surface area (Å²) in [4.78, 5) is 20.0. The molecule has 210 valence electrons. The van der Waals surface area contributed by atoms with Crippen LogP contribution < -0.4 is 10.2 Å². The van der Waals surface area contributed by atoms with Gasteiger partial charge in [0.25, 0.3) is 0 Å². The molecule has 2 fully saturated rings. The topological polar surface area (TPSA) is 81.5 Å². The Labute approximate surface area is 221 Å². The summed E-state index contributed by atoms with van der Waals surface area (Å²) in [5.41, 5.74) is -1.91. The number of benzene rings is 1. The van der Waals surface area contributed by atoms with Crippen molar-refractivity contribution in [1.82, 2.24) is 9.88 Å². The number of aromatic nitrogens is 1. The van der Waals surface area contributed by atoms with Gasteiger partial charge in [0.2, 0.25) is 5.91 Å². The molecule has 2 aromatic rings. The number of alkyl halides is 6. The predicted molar refractivity (Wildman–Crippen MR) is 130 cm³/mol. The SMILES string of the molecule is N#Cc1ccc(NC2CCC(OCC(=O)N3CCN(c4ccc(C(F)(F)F)cn4)CC3)CC2)cc1C(F)(F)F. The quantitative estimate of drug-likeness (QED) is 0.501. The Bertz CT molecular complexity index is 1180. The van der Waals surface area contributed by atoms with Crippen LogP contribution in [-0.2, 0) is 21.9 Å². The maximum Gasteiger partial charge on any atom is 0.417 e. The Balaban J connectivity index is 1.18. The van der Waals surface area contributed by atoms with Crippen molar-refractivity contribution in [3.05, 3.63) is 53.2 Å². The van der Waals surface area contributed by atoms with E-state index in [9.17, 15) is 31.1 Å². The molecule has 7 nitrogen and oxygen atoms in total. The lowest BCUT2D eigenvalue weighted by Crippen LogP contribution is -2.50. The number of carbonyl (C=O) groups is 1. The van der Waals surface area contributed by atoms with E-state index in [4.69, 9.17) is 10.00 Å². The van der Waals surface area contributed by atoms with Gasteiger partial charge in [-0.3, -0.25) is 4.79 Å². The average molecular weight is 556 g/mol. The molecule has 2 heterocycles. The van der Waals surface area contributed by atoms with E-state index in [1.54, 1.807) is 11.0 Å². The number of nitrogens with zero attached hydrogens (tertiary/aromatic N) is 4. The highest BCUT2D eigenvalue weighted by atomic mass is 19.4. The molecule has 0 unspecified atom stereocenters. The van der Waals surface area contributed by atoms with Gasteiger partial charge in [0, 0.05) is 44.1 Å². The number of rotatable bonds is 6. The van der Waals surface area contributed by atoms with Crippen LogP contribution in [0.4, 0.5) is 37.8 Å². The van der Waals surface area contributed by atoms with Crippen molar-refractivity contribution < 1.29 is 35.9 Å². The monoisotopic (exact) mass is 555 g/mol. The van der Waals surface area contributed by atoms with Gasteiger partial charge in [0.1, 0.15) is 12.4 Å². The molecule has 1 aliphatic carbocycles. The molecule has 0 bridgehead atoms. The summed E-state index contributed by atoms with van der Waals surface area (Å²) in [7, 11) is 0.